The maximum absolute atomic E-state index is 12.8. The molecule has 0 aromatic heterocycles. The number of para-hydroxylation sites is 1. The molecule has 0 fully saturated rings. The largest absolute Gasteiger partial charge is 0.493 e. The zero-order valence-corrected chi connectivity index (χ0v) is 18.6. The van der Waals surface area contributed by atoms with Crippen molar-refractivity contribution in [3.63, 3.8) is 0 Å². The normalized spacial score (nSPS) is 10.6. The topological polar surface area (TPSA) is 67.9 Å². The minimum atomic E-state index is -0.141. The fourth-order valence-corrected chi connectivity index (χ4v) is 3.41. The average Bonchev–Trinajstić information content (AvgIpc) is 2.83. The molecule has 6 nitrogen and oxygen atoms in total. The molecule has 1 N–H and O–H groups in total. The highest BCUT2D eigenvalue weighted by atomic mass is 16.5. The summed E-state index contributed by atoms with van der Waals surface area (Å²) in [4.78, 5) is 27.5. The number of carbonyl (C=O) groups excluding carboxylic acids is 2. The van der Waals surface area contributed by atoms with Crippen LogP contribution >= 0.6 is 0 Å². The van der Waals surface area contributed by atoms with E-state index >= 15 is 0 Å². The van der Waals surface area contributed by atoms with Gasteiger partial charge in [-0.25, -0.2) is 0 Å². The molecule has 0 aliphatic heterocycles. The second-order valence-corrected chi connectivity index (χ2v) is 7.47. The van der Waals surface area contributed by atoms with E-state index in [1.54, 1.807) is 50.6 Å². The maximum atomic E-state index is 12.8. The number of amides is 1. The van der Waals surface area contributed by atoms with Crippen molar-refractivity contribution in [2.24, 2.45) is 0 Å². The van der Waals surface area contributed by atoms with E-state index in [1.165, 1.54) is 0 Å². The number of methoxy groups -OCH3 is 2. The van der Waals surface area contributed by atoms with E-state index in [2.05, 4.69) is 10.2 Å². The molecule has 166 valence electrons. The Morgan fingerprint density at radius 3 is 2.28 bits per heavy atom. The number of ether oxygens (including phenoxy) is 2. The van der Waals surface area contributed by atoms with Crippen molar-refractivity contribution < 1.29 is 19.1 Å². The van der Waals surface area contributed by atoms with Crippen LogP contribution in [0.3, 0.4) is 0 Å². The van der Waals surface area contributed by atoms with E-state index in [0.29, 0.717) is 47.8 Å². The average molecular weight is 433 g/mol. The first-order chi connectivity index (χ1) is 15.5. The Hall–Kier alpha value is -3.64. The fraction of sp³-hybridized carbons (Fsp3) is 0.231. The molecule has 3 aromatic rings. The van der Waals surface area contributed by atoms with Crippen LogP contribution in [0.5, 0.6) is 11.5 Å². The van der Waals surface area contributed by atoms with Gasteiger partial charge in [0.15, 0.2) is 17.3 Å². The van der Waals surface area contributed by atoms with Crippen molar-refractivity contribution in [1.82, 2.24) is 4.90 Å². The van der Waals surface area contributed by atoms with Crippen LogP contribution in [0.1, 0.15) is 27.9 Å². The number of ketones is 1. The zero-order valence-electron chi connectivity index (χ0n) is 18.6. The summed E-state index contributed by atoms with van der Waals surface area (Å²) >= 11 is 0. The molecule has 0 saturated carbocycles. The minimum Gasteiger partial charge on any atom is -0.493 e. The first-order valence-electron chi connectivity index (χ1n) is 10.4. The molecule has 1 amide bonds. The molecule has 0 atom stereocenters. The Morgan fingerprint density at radius 1 is 0.875 bits per heavy atom. The predicted octanol–water partition coefficient (Wildman–Crippen LogP) is 4.40. The standard InChI is InChI=1S/C26H28N2O4/c1-28(18-19-13-14-23(31-2)24(17-19)32-3)16-15-25(29)27-22-12-8-7-11-21(22)26(30)20-9-5-4-6-10-20/h4-14,17H,15-16,18H2,1-3H3,(H,27,29). The van der Waals surface area contributed by atoms with E-state index in [1.807, 2.05) is 43.4 Å². The molecule has 6 heteroatoms. The van der Waals surface area contributed by atoms with Crippen LogP contribution in [0, 0.1) is 0 Å². The molecular formula is C26H28N2O4. The summed E-state index contributed by atoms with van der Waals surface area (Å²) in [7, 11) is 5.17. The molecule has 0 aliphatic rings. The van der Waals surface area contributed by atoms with Gasteiger partial charge in [-0.05, 0) is 36.9 Å². The van der Waals surface area contributed by atoms with Crippen molar-refractivity contribution in [3.05, 3.63) is 89.5 Å². The lowest BCUT2D eigenvalue weighted by atomic mass is 10.0. The second-order valence-electron chi connectivity index (χ2n) is 7.47. The number of hydrogen-bond acceptors (Lipinski definition) is 5. The minimum absolute atomic E-state index is 0.118. The van der Waals surface area contributed by atoms with Crippen LogP contribution < -0.4 is 14.8 Å². The lowest BCUT2D eigenvalue weighted by Crippen LogP contribution is -2.24. The Bertz CT molecular complexity index is 1070. The van der Waals surface area contributed by atoms with E-state index in [4.69, 9.17) is 9.47 Å². The SMILES string of the molecule is COc1ccc(CN(C)CCC(=O)Nc2ccccc2C(=O)c2ccccc2)cc1OC. The van der Waals surface area contributed by atoms with Gasteiger partial charge in [-0.3, -0.25) is 9.59 Å². The lowest BCUT2D eigenvalue weighted by Gasteiger charge is -2.18. The van der Waals surface area contributed by atoms with Gasteiger partial charge in [-0.1, -0.05) is 48.5 Å². The Balaban J connectivity index is 1.58. The molecule has 0 unspecified atom stereocenters. The first kappa shape index (κ1) is 23.0. The van der Waals surface area contributed by atoms with Crippen molar-refractivity contribution in [2.75, 3.05) is 33.1 Å². The quantitative estimate of drug-likeness (QED) is 0.481. The molecule has 0 spiro atoms. The van der Waals surface area contributed by atoms with E-state index in [9.17, 15) is 9.59 Å². The number of rotatable bonds is 10. The van der Waals surface area contributed by atoms with E-state index in [-0.39, 0.29) is 11.7 Å². The van der Waals surface area contributed by atoms with Crippen LogP contribution in [0.25, 0.3) is 0 Å². The summed E-state index contributed by atoms with van der Waals surface area (Å²) < 4.78 is 10.6. The number of hydrogen-bond donors (Lipinski definition) is 1. The van der Waals surface area contributed by atoms with E-state index in [0.717, 1.165) is 5.56 Å². The van der Waals surface area contributed by atoms with Gasteiger partial charge in [0.1, 0.15) is 0 Å². The third-order valence-corrected chi connectivity index (χ3v) is 5.10. The van der Waals surface area contributed by atoms with Crippen molar-refractivity contribution >= 4 is 17.4 Å². The molecule has 0 heterocycles. The second kappa shape index (κ2) is 11.1. The smallest absolute Gasteiger partial charge is 0.225 e. The summed E-state index contributed by atoms with van der Waals surface area (Å²) in [5.41, 5.74) is 2.65. The summed E-state index contributed by atoms with van der Waals surface area (Å²) in [5.74, 6) is 1.10. The molecule has 32 heavy (non-hydrogen) atoms. The lowest BCUT2D eigenvalue weighted by molar-refractivity contribution is -0.116. The molecule has 0 saturated heterocycles. The molecule has 0 aliphatic carbocycles. The Labute approximate surface area is 188 Å². The Morgan fingerprint density at radius 2 is 1.56 bits per heavy atom. The number of nitrogens with one attached hydrogen (secondary N) is 1. The summed E-state index contributed by atoms with van der Waals surface area (Å²) in [6.45, 7) is 1.23. The van der Waals surface area contributed by atoms with Crippen molar-refractivity contribution in [1.29, 1.82) is 0 Å². The van der Waals surface area contributed by atoms with Gasteiger partial charge in [-0.2, -0.15) is 0 Å². The highest BCUT2D eigenvalue weighted by Gasteiger charge is 2.15. The third-order valence-electron chi connectivity index (χ3n) is 5.10. The van der Waals surface area contributed by atoms with Crippen LogP contribution in [0.4, 0.5) is 5.69 Å². The van der Waals surface area contributed by atoms with Gasteiger partial charge >= 0.3 is 0 Å². The predicted molar refractivity (Wildman–Crippen MR) is 125 cm³/mol. The van der Waals surface area contributed by atoms with E-state index < -0.39 is 0 Å². The number of carbonyl (C=O) groups is 2. The molecular weight excluding hydrogens is 404 g/mol. The Kier molecular flexibility index (Phi) is 8.00. The van der Waals surface area contributed by atoms with Crippen molar-refractivity contribution in [3.8, 4) is 11.5 Å². The van der Waals surface area contributed by atoms with Gasteiger partial charge in [0, 0.05) is 30.6 Å². The maximum Gasteiger partial charge on any atom is 0.225 e. The summed E-state index contributed by atoms with van der Waals surface area (Å²) in [6.07, 6.45) is 0.303. The van der Waals surface area contributed by atoms with Crippen LogP contribution in [-0.4, -0.2) is 44.4 Å². The first-order valence-corrected chi connectivity index (χ1v) is 10.4. The number of nitrogens with zero attached hydrogens (tertiary/aromatic N) is 1. The monoisotopic (exact) mass is 432 g/mol. The van der Waals surface area contributed by atoms with Gasteiger partial charge in [-0.15, -0.1) is 0 Å². The van der Waals surface area contributed by atoms with Crippen molar-refractivity contribution in [2.45, 2.75) is 13.0 Å². The van der Waals surface area contributed by atoms with Crippen LogP contribution in [0.2, 0.25) is 0 Å². The summed E-state index contributed by atoms with van der Waals surface area (Å²) in [6, 6.07) is 21.9. The highest BCUT2D eigenvalue weighted by molar-refractivity contribution is 6.13. The number of benzene rings is 3. The molecule has 3 rings (SSSR count). The fourth-order valence-electron chi connectivity index (χ4n) is 3.41. The van der Waals surface area contributed by atoms with Gasteiger partial charge < -0.3 is 19.7 Å². The van der Waals surface area contributed by atoms with Gasteiger partial charge in [0.25, 0.3) is 0 Å². The number of anilines is 1. The van der Waals surface area contributed by atoms with Crippen LogP contribution in [0.15, 0.2) is 72.8 Å². The third kappa shape index (κ3) is 5.95. The van der Waals surface area contributed by atoms with Gasteiger partial charge in [0.2, 0.25) is 5.91 Å². The zero-order chi connectivity index (χ0) is 22.9. The molecule has 0 radical (unpaired) electrons. The van der Waals surface area contributed by atoms with Crippen LogP contribution in [-0.2, 0) is 11.3 Å². The van der Waals surface area contributed by atoms with Gasteiger partial charge in [0.05, 0.1) is 19.9 Å². The highest BCUT2D eigenvalue weighted by Crippen LogP contribution is 2.28. The molecule has 3 aromatic carbocycles. The summed E-state index contributed by atoms with van der Waals surface area (Å²) in [5, 5.41) is 2.89. The molecule has 0 bridgehead atoms.